The number of carbonyl (C=O) groups is 1. The van der Waals surface area contributed by atoms with Crippen LogP contribution >= 0.6 is 23.2 Å². The van der Waals surface area contributed by atoms with Gasteiger partial charge in [0, 0.05) is 5.02 Å². The molecule has 0 spiro atoms. The predicted octanol–water partition coefficient (Wildman–Crippen LogP) is 2.13. The number of benzene rings is 1. The molecule has 1 aliphatic carbocycles. The van der Waals surface area contributed by atoms with Gasteiger partial charge in [0.1, 0.15) is 10.9 Å². The van der Waals surface area contributed by atoms with Crippen molar-refractivity contribution >= 4 is 39.2 Å². The fraction of sp³-hybridized carbons (Fsp3) is 0.364. The molecule has 19 heavy (non-hydrogen) atoms. The smallest absolute Gasteiger partial charge is 0.322 e. The second-order valence-electron chi connectivity index (χ2n) is 4.35. The van der Waals surface area contributed by atoms with Crippen LogP contribution in [0.1, 0.15) is 12.8 Å². The molecule has 2 N–H and O–H groups in total. The first-order valence-corrected chi connectivity index (χ1v) is 7.75. The summed E-state index contributed by atoms with van der Waals surface area (Å²) in [5.41, 5.74) is 0. The molecule has 0 aromatic heterocycles. The summed E-state index contributed by atoms with van der Waals surface area (Å²) in [6.07, 6.45) is 1.39. The van der Waals surface area contributed by atoms with Crippen molar-refractivity contribution in [1.82, 2.24) is 4.72 Å². The van der Waals surface area contributed by atoms with E-state index < -0.39 is 22.0 Å². The largest absolute Gasteiger partial charge is 0.480 e. The number of carboxylic acids is 1. The fourth-order valence-corrected chi connectivity index (χ4v) is 3.71. The average molecular weight is 324 g/mol. The van der Waals surface area contributed by atoms with E-state index in [0.717, 1.165) is 0 Å². The predicted molar refractivity (Wildman–Crippen MR) is 70.9 cm³/mol. The summed E-state index contributed by atoms with van der Waals surface area (Å²) >= 11 is 11.5. The first kappa shape index (κ1) is 14.6. The Kier molecular flexibility index (Phi) is 4.06. The van der Waals surface area contributed by atoms with Crippen LogP contribution in [-0.4, -0.2) is 25.5 Å². The van der Waals surface area contributed by atoms with Gasteiger partial charge in [0.05, 0.1) is 5.02 Å². The molecule has 5 nitrogen and oxygen atoms in total. The third-order valence-electron chi connectivity index (χ3n) is 2.82. The highest BCUT2D eigenvalue weighted by molar-refractivity contribution is 7.89. The molecule has 0 radical (unpaired) electrons. The van der Waals surface area contributed by atoms with Crippen molar-refractivity contribution in [2.24, 2.45) is 5.92 Å². The maximum atomic E-state index is 12.1. The molecule has 1 aromatic carbocycles. The Labute approximate surface area is 120 Å². The van der Waals surface area contributed by atoms with Crippen LogP contribution in [0.15, 0.2) is 23.1 Å². The lowest BCUT2D eigenvalue weighted by atomic mass is 10.2. The van der Waals surface area contributed by atoms with E-state index in [0.29, 0.717) is 12.8 Å². The molecule has 1 unspecified atom stereocenters. The number of halogens is 2. The molecule has 0 saturated heterocycles. The van der Waals surface area contributed by atoms with Gasteiger partial charge < -0.3 is 5.11 Å². The molecule has 1 fully saturated rings. The Balaban J connectivity index is 2.31. The number of carboxylic acid groups (broad SMARTS) is 1. The molecule has 8 heteroatoms. The normalized spacial score (nSPS) is 17.2. The average Bonchev–Trinajstić information content (AvgIpc) is 3.13. The molecule has 104 valence electrons. The van der Waals surface area contributed by atoms with E-state index >= 15 is 0 Å². The minimum atomic E-state index is -4.01. The molecule has 0 heterocycles. The molecule has 0 bridgehead atoms. The molecular weight excluding hydrogens is 313 g/mol. The lowest BCUT2D eigenvalue weighted by Crippen LogP contribution is -2.42. The number of hydrogen-bond acceptors (Lipinski definition) is 3. The van der Waals surface area contributed by atoms with Crippen LogP contribution in [0.25, 0.3) is 0 Å². The fourth-order valence-electron chi connectivity index (χ4n) is 1.69. The first-order valence-electron chi connectivity index (χ1n) is 5.51. The number of sulfonamides is 1. The minimum Gasteiger partial charge on any atom is -0.480 e. The van der Waals surface area contributed by atoms with E-state index in [1.165, 1.54) is 18.2 Å². The summed E-state index contributed by atoms with van der Waals surface area (Å²) in [6, 6.07) is 2.88. The van der Waals surface area contributed by atoms with Crippen LogP contribution < -0.4 is 4.72 Å². The van der Waals surface area contributed by atoms with Gasteiger partial charge in [-0.3, -0.25) is 4.79 Å². The van der Waals surface area contributed by atoms with Gasteiger partial charge in [-0.25, -0.2) is 8.42 Å². The third kappa shape index (κ3) is 3.39. The van der Waals surface area contributed by atoms with Crippen LogP contribution in [0.2, 0.25) is 10.0 Å². The highest BCUT2D eigenvalue weighted by atomic mass is 35.5. The van der Waals surface area contributed by atoms with Crippen molar-refractivity contribution in [1.29, 1.82) is 0 Å². The van der Waals surface area contributed by atoms with Gasteiger partial charge >= 0.3 is 5.97 Å². The Bertz CT molecular complexity index is 613. The number of rotatable bonds is 5. The van der Waals surface area contributed by atoms with E-state index in [2.05, 4.69) is 4.72 Å². The zero-order valence-electron chi connectivity index (χ0n) is 9.64. The number of nitrogens with one attached hydrogen (secondary N) is 1. The van der Waals surface area contributed by atoms with Gasteiger partial charge in [-0.1, -0.05) is 23.2 Å². The van der Waals surface area contributed by atoms with Crippen LogP contribution in [0.3, 0.4) is 0 Å². The van der Waals surface area contributed by atoms with Crippen molar-refractivity contribution < 1.29 is 18.3 Å². The summed E-state index contributed by atoms with van der Waals surface area (Å²) in [7, 11) is -4.01. The zero-order chi connectivity index (χ0) is 14.2. The highest BCUT2D eigenvalue weighted by Gasteiger charge is 2.39. The molecule has 1 atom stereocenters. The van der Waals surface area contributed by atoms with Gasteiger partial charge in [-0.15, -0.1) is 0 Å². The zero-order valence-corrected chi connectivity index (χ0v) is 12.0. The summed E-state index contributed by atoms with van der Waals surface area (Å²) in [6.45, 7) is 0. The van der Waals surface area contributed by atoms with Crippen molar-refractivity contribution in [3.05, 3.63) is 28.2 Å². The molecule has 0 amide bonds. The number of aliphatic carboxylic acids is 1. The van der Waals surface area contributed by atoms with Crippen molar-refractivity contribution in [2.75, 3.05) is 0 Å². The maximum absolute atomic E-state index is 12.1. The molecular formula is C11H11Cl2NO4S. The van der Waals surface area contributed by atoms with Crippen molar-refractivity contribution in [3.63, 3.8) is 0 Å². The van der Waals surface area contributed by atoms with Gasteiger partial charge in [-0.05, 0) is 37.0 Å². The van der Waals surface area contributed by atoms with Crippen LogP contribution in [0.4, 0.5) is 0 Å². The van der Waals surface area contributed by atoms with Gasteiger partial charge in [0.15, 0.2) is 0 Å². The van der Waals surface area contributed by atoms with E-state index in [4.69, 9.17) is 28.3 Å². The first-order chi connectivity index (χ1) is 8.81. The second-order valence-corrected chi connectivity index (χ2v) is 6.88. The Hall–Kier alpha value is -0.820. The Morgan fingerprint density at radius 3 is 2.53 bits per heavy atom. The van der Waals surface area contributed by atoms with E-state index in [1.54, 1.807) is 0 Å². The van der Waals surface area contributed by atoms with Crippen LogP contribution in [0, 0.1) is 5.92 Å². The molecule has 1 aromatic rings. The summed E-state index contributed by atoms with van der Waals surface area (Å²) in [5, 5.41) is 9.24. The number of hydrogen-bond donors (Lipinski definition) is 2. The maximum Gasteiger partial charge on any atom is 0.322 e. The molecule has 1 saturated carbocycles. The third-order valence-corrected chi connectivity index (χ3v) is 4.98. The monoisotopic (exact) mass is 323 g/mol. The van der Waals surface area contributed by atoms with E-state index in [9.17, 15) is 13.2 Å². The Morgan fingerprint density at radius 1 is 1.37 bits per heavy atom. The summed E-state index contributed by atoms with van der Waals surface area (Å²) in [4.78, 5) is 10.8. The van der Waals surface area contributed by atoms with Crippen molar-refractivity contribution in [3.8, 4) is 0 Å². The highest BCUT2D eigenvalue weighted by Crippen LogP contribution is 2.34. The van der Waals surface area contributed by atoms with Gasteiger partial charge in [-0.2, -0.15) is 4.72 Å². The SMILES string of the molecule is O=C(O)C(NS(=O)(=O)c1cc(Cl)ccc1Cl)C1CC1. The standard InChI is InChI=1S/C11H11Cl2NO4S/c12-7-3-4-8(13)9(5-7)19(17,18)14-10(11(15)16)6-1-2-6/h3-6,10,14H,1-2H2,(H,15,16). The lowest BCUT2D eigenvalue weighted by molar-refractivity contribution is -0.139. The van der Waals surface area contributed by atoms with Crippen LogP contribution in [-0.2, 0) is 14.8 Å². The van der Waals surface area contributed by atoms with Crippen LogP contribution in [0.5, 0.6) is 0 Å². The van der Waals surface area contributed by atoms with E-state index in [-0.39, 0.29) is 20.9 Å². The summed E-state index contributed by atoms with van der Waals surface area (Å²) in [5.74, 6) is -1.35. The van der Waals surface area contributed by atoms with E-state index in [1.807, 2.05) is 0 Å². The molecule has 2 rings (SSSR count). The quantitative estimate of drug-likeness (QED) is 0.869. The summed E-state index contributed by atoms with van der Waals surface area (Å²) < 4.78 is 26.4. The topological polar surface area (TPSA) is 83.5 Å². The molecule has 0 aliphatic heterocycles. The minimum absolute atomic E-state index is 0.00293. The van der Waals surface area contributed by atoms with Gasteiger partial charge in [0.25, 0.3) is 0 Å². The Morgan fingerprint density at radius 2 is 2.00 bits per heavy atom. The van der Waals surface area contributed by atoms with Crippen molar-refractivity contribution in [2.45, 2.75) is 23.8 Å². The second kappa shape index (κ2) is 5.28. The van der Waals surface area contributed by atoms with Gasteiger partial charge in [0.2, 0.25) is 10.0 Å². The lowest BCUT2D eigenvalue weighted by Gasteiger charge is -2.14. The molecule has 1 aliphatic rings.